The Morgan fingerprint density at radius 2 is 2.17 bits per heavy atom. The number of nitrogens with two attached hydrogens (primary N) is 1. The third-order valence-corrected chi connectivity index (χ3v) is 3.24. The van der Waals surface area contributed by atoms with Gasteiger partial charge in [-0.05, 0) is 24.1 Å². The summed E-state index contributed by atoms with van der Waals surface area (Å²) in [5, 5.41) is 11.7. The van der Waals surface area contributed by atoms with Gasteiger partial charge in [-0.3, -0.25) is 4.90 Å². The second-order valence-corrected chi connectivity index (χ2v) is 4.52. The Morgan fingerprint density at radius 3 is 2.78 bits per heavy atom. The first-order valence-electron chi connectivity index (χ1n) is 6.08. The standard InChI is InChI=1S/C13H19N3O2/c1-10-8-11(13(14)15-17)2-3-12(10)9-16-4-6-18-7-5-16/h2-3,8,17H,4-7,9H2,1H3,(H2,14,15). The van der Waals surface area contributed by atoms with E-state index in [4.69, 9.17) is 15.7 Å². The molecule has 5 nitrogen and oxygen atoms in total. The number of nitrogens with zero attached hydrogens (tertiary/aromatic N) is 2. The summed E-state index contributed by atoms with van der Waals surface area (Å²) in [5.41, 5.74) is 8.75. The summed E-state index contributed by atoms with van der Waals surface area (Å²) in [4.78, 5) is 2.37. The average Bonchev–Trinajstić information content (AvgIpc) is 2.41. The molecular weight excluding hydrogens is 230 g/mol. The highest BCUT2D eigenvalue weighted by molar-refractivity contribution is 5.97. The third kappa shape index (κ3) is 3.00. The molecule has 0 unspecified atom stereocenters. The van der Waals surface area contributed by atoms with E-state index in [2.05, 4.69) is 10.1 Å². The molecule has 1 aromatic carbocycles. The van der Waals surface area contributed by atoms with Gasteiger partial charge in [-0.25, -0.2) is 0 Å². The van der Waals surface area contributed by atoms with E-state index in [1.807, 2.05) is 25.1 Å². The summed E-state index contributed by atoms with van der Waals surface area (Å²) in [6, 6.07) is 5.88. The van der Waals surface area contributed by atoms with Gasteiger partial charge in [0.1, 0.15) is 0 Å². The van der Waals surface area contributed by atoms with Crippen molar-refractivity contribution in [3.63, 3.8) is 0 Å². The molecule has 1 aliphatic rings. The molecule has 0 aromatic heterocycles. The van der Waals surface area contributed by atoms with Crippen LogP contribution in [-0.2, 0) is 11.3 Å². The van der Waals surface area contributed by atoms with E-state index in [0.29, 0.717) is 0 Å². The zero-order valence-corrected chi connectivity index (χ0v) is 10.6. The Morgan fingerprint density at radius 1 is 1.44 bits per heavy atom. The van der Waals surface area contributed by atoms with Gasteiger partial charge in [0, 0.05) is 25.2 Å². The van der Waals surface area contributed by atoms with Crippen LogP contribution >= 0.6 is 0 Å². The monoisotopic (exact) mass is 249 g/mol. The number of amidine groups is 1. The number of hydrogen-bond donors (Lipinski definition) is 2. The number of aryl methyl sites for hydroxylation is 1. The topological polar surface area (TPSA) is 71.1 Å². The van der Waals surface area contributed by atoms with E-state index < -0.39 is 0 Å². The first kappa shape index (κ1) is 12.9. The van der Waals surface area contributed by atoms with Crippen LogP contribution in [0.5, 0.6) is 0 Å². The fourth-order valence-electron chi connectivity index (χ4n) is 2.09. The van der Waals surface area contributed by atoms with Gasteiger partial charge in [-0.2, -0.15) is 0 Å². The highest BCUT2D eigenvalue weighted by atomic mass is 16.5. The minimum Gasteiger partial charge on any atom is -0.409 e. The molecule has 0 radical (unpaired) electrons. The molecule has 0 aliphatic carbocycles. The molecule has 0 saturated carbocycles. The van der Waals surface area contributed by atoms with Gasteiger partial charge < -0.3 is 15.7 Å². The van der Waals surface area contributed by atoms with Gasteiger partial charge in [0.2, 0.25) is 0 Å². The first-order chi connectivity index (χ1) is 8.70. The Bertz CT molecular complexity index is 440. The number of morpholine rings is 1. The summed E-state index contributed by atoms with van der Waals surface area (Å²) >= 11 is 0. The molecule has 1 aromatic rings. The molecule has 1 saturated heterocycles. The van der Waals surface area contributed by atoms with Gasteiger partial charge >= 0.3 is 0 Å². The molecule has 1 aliphatic heterocycles. The molecule has 3 N–H and O–H groups in total. The van der Waals surface area contributed by atoms with E-state index in [1.54, 1.807) is 0 Å². The fraction of sp³-hybridized carbons (Fsp3) is 0.462. The summed E-state index contributed by atoms with van der Waals surface area (Å²) in [5.74, 6) is 0.149. The maximum Gasteiger partial charge on any atom is 0.170 e. The van der Waals surface area contributed by atoms with Crippen molar-refractivity contribution in [2.45, 2.75) is 13.5 Å². The quantitative estimate of drug-likeness (QED) is 0.362. The lowest BCUT2D eigenvalue weighted by molar-refractivity contribution is 0.0341. The fourth-order valence-corrected chi connectivity index (χ4v) is 2.09. The van der Waals surface area contributed by atoms with Crippen LogP contribution in [0.3, 0.4) is 0 Å². The Hall–Kier alpha value is -1.59. The highest BCUT2D eigenvalue weighted by Crippen LogP contribution is 2.14. The van der Waals surface area contributed by atoms with E-state index in [9.17, 15) is 0 Å². The Labute approximate surface area is 107 Å². The van der Waals surface area contributed by atoms with E-state index >= 15 is 0 Å². The van der Waals surface area contributed by atoms with Crippen molar-refractivity contribution in [1.29, 1.82) is 0 Å². The number of rotatable bonds is 3. The summed E-state index contributed by atoms with van der Waals surface area (Å²) in [6.07, 6.45) is 0. The molecule has 5 heteroatoms. The molecule has 98 valence electrons. The Kier molecular flexibility index (Phi) is 4.17. The second-order valence-electron chi connectivity index (χ2n) is 4.52. The van der Waals surface area contributed by atoms with Crippen LogP contribution in [-0.4, -0.2) is 42.2 Å². The van der Waals surface area contributed by atoms with Crippen molar-refractivity contribution in [2.24, 2.45) is 10.9 Å². The normalized spacial score (nSPS) is 17.9. The predicted molar refractivity (Wildman–Crippen MR) is 69.8 cm³/mol. The zero-order valence-electron chi connectivity index (χ0n) is 10.6. The van der Waals surface area contributed by atoms with Crippen LogP contribution < -0.4 is 5.73 Å². The smallest absolute Gasteiger partial charge is 0.170 e. The summed E-state index contributed by atoms with van der Waals surface area (Å²) < 4.78 is 5.33. The average molecular weight is 249 g/mol. The van der Waals surface area contributed by atoms with Crippen molar-refractivity contribution in [1.82, 2.24) is 4.90 Å². The summed E-state index contributed by atoms with van der Waals surface area (Å²) in [6.45, 7) is 6.53. The van der Waals surface area contributed by atoms with Crippen molar-refractivity contribution >= 4 is 5.84 Å². The molecular formula is C13H19N3O2. The number of ether oxygens (including phenoxy) is 1. The lowest BCUT2D eigenvalue weighted by atomic mass is 10.0. The highest BCUT2D eigenvalue weighted by Gasteiger charge is 2.12. The van der Waals surface area contributed by atoms with Crippen LogP contribution in [0.4, 0.5) is 0 Å². The van der Waals surface area contributed by atoms with Crippen LogP contribution in [0.15, 0.2) is 23.4 Å². The lowest BCUT2D eigenvalue weighted by Crippen LogP contribution is -2.35. The van der Waals surface area contributed by atoms with Gasteiger partial charge in [-0.15, -0.1) is 0 Å². The van der Waals surface area contributed by atoms with Gasteiger partial charge in [0.25, 0.3) is 0 Å². The molecule has 0 bridgehead atoms. The zero-order chi connectivity index (χ0) is 13.0. The summed E-state index contributed by atoms with van der Waals surface area (Å²) in [7, 11) is 0. The number of benzene rings is 1. The minimum atomic E-state index is 0.149. The Balaban J connectivity index is 2.09. The van der Waals surface area contributed by atoms with Gasteiger partial charge in [-0.1, -0.05) is 17.3 Å². The van der Waals surface area contributed by atoms with Gasteiger partial charge in [0.05, 0.1) is 13.2 Å². The van der Waals surface area contributed by atoms with Crippen LogP contribution in [0.25, 0.3) is 0 Å². The molecule has 0 amide bonds. The molecule has 1 heterocycles. The lowest BCUT2D eigenvalue weighted by Gasteiger charge is -2.27. The van der Waals surface area contributed by atoms with Crippen LogP contribution in [0, 0.1) is 6.92 Å². The maximum atomic E-state index is 8.65. The SMILES string of the molecule is Cc1cc(/C(N)=N/O)ccc1CN1CCOCC1. The molecule has 0 atom stereocenters. The third-order valence-electron chi connectivity index (χ3n) is 3.24. The second kappa shape index (κ2) is 5.84. The number of oxime groups is 1. The minimum absolute atomic E-state index is 0.149. The predicted octanol–water partition coefficient (Wildman–Crippen LogP) is 0.922. The molecule has 0 spiro atoms. The van der Waals surface area contributed by atoms with Gasteiger partial charge in [0.15, 0.2) is 5.84 Å². The van der Waals surface area contributed by atoms with Crippen molar-refractivity contribution in [2.75, 3.05) is 26.3 Å². The number of hydrogen-bond acceptors (Lipinski definition) is 4. The first-order valence-corrected chi connectivity index (χ1v) is 6.08. The molecule has 18 heavy (non-hydrogen) atoms. The van der Waals surface area contributed by atoms with E-state index in [-0.39, 0.29) is 5.84 Å². The van der Waals surface area contributed by atoms with E-state index in [0.717, 1.165) is 44.0 Å². The van der Waals surface area contributed by atoms with Crippen molar-refractivity contribution in [3.05, 3.63) is 34.9 Å². The van der Waals surface area contributed by atoms with E-state index in [1.165, 1.54) is 5.56 Å². The molecule has 1 fully saturated rings. The van der Waals surface area contributed by atoms with Crippen molar-refractivity contribution in [3.8, 4) is 0 Å². The molecule has 2 rings (SSSR count). The van der Waals surface area contributed by atoms with Crippen LogP contribution in [0.2, 0.25) is 0 Å². The van der Waals surface area contributed by atoms with Crippen molar-refractivity contribution < 1.29 is 9.94 Å². The van der Waals surface area contributed by atoms with Crippen LogP contribution in [0.1, 0.15) is 16.7 Å². The maximum absolute atomic E-state index is 8.65. The largest absolute Gasteiger partial charge is 0.409 e.